The van der Waals surface area contributed by atoms with Gasteiger partial charge in [0.25, 0.3) is 5.91 Å². The average Bonchev–Trinajstić information content (AvgIpc) is 2.76. The van der Waals surface area contributed by atoms with Gasteiger partial charge < -0.3 is 15.1 Å². The number of amides is 1. The molecule has 7 nitrogen and oxygen atoms in total. The van der Waals surface area contributed by atoms with Crippen molar-refractivity contribution in [2.45, 2.75) is 0 Å². The maximum Gasteiger partial charge on any atom is 0.274 e. The number of benzene rings is 1. The Balaban J connectivity index is 1.41. The first-order valence-corrected chi connectivity index (χ1v) is 8.99. The molecule has 1 amide bonds. The Morgan fingerprint density at radius 2 is 1.57 bits per heavy atom. The van der Waals surface area contributed by atoms with Crippen LogP contribution in [0.2, 0.25) is 0 Å². The molecule has 0 bridgehead atoms. The second kappa shape index (κ2) is 7.99. The minimum Gasteiger partial charge on any atom is -0.368 e. The lowest BCUT2D eigenvalue weighted by atomic mass is 10.2. The van der Waals surface area contributed by atoms with Gasteiger partial charge in [-0.2, -0.15) is 0 Å². The Kier molecular flexibility index (Phi) is 5.09. The van der Waals surface area contributed by atoms with E-state index < -0.39 is 0 Å². The van der Waals surface area contributed by atoms with E-state index in [9.17, 15) is 9.18 Å². The molecule has 1 fully saturated rings. The van der Waals surface area contributed by atoms with Gasteiger partial charge in [0.1, 0.15) is 11.5 Å². The Bertz CT molecular complexity index is 942. The number of aromatic nitrogens is 3. The van der Waals surface area contributed by atoms with Gasteiger partial charge in [0, 0.05) is 56.1 Å². The lowest BCUT2D eigenvalue weighted by Gasteiger charge is -2.36. The molecule has 28 heavy (non-hydrogen) atoms. The number of piperazine rings is 1. The number of anilines is 3. The minimum absolute atomic E-state index is 0.315. The molecule has 1 aliphatic heterocycles. The second-order valence-electron chi connectivity index (χ2n) is 6.38. The Hall–Kier alpha value is -3.55. The zero-order valence-electron chi connectivity index (χ0n) is 15.1. The van der Waals surface area contributed by atoms with E-state index in [1.54, 1.807) is 30.7 Å². The number of nitrogens with zero attached hydrogens (tertiary/aromatic N) is 5. The monoisotopic (exact) mass is 378 g/mol. The molecule has 8 heteroatoms. The third-order valence-electron chi connectivity index (χ3n) is 4.56. The van der Waals surface area contributed by atoms with Crippen molar-refractivity contribution >= 4 is 23.2 Å². The SMILES string of the molecule is O=C(Nc1ccc(F)cc1)c1cc(N2CCN(c3ncccn3)CC2)ccn1. The molecule has 2 aromatic heterocycles. The van der Waals surface area contributed by atoms with Gasteiger partial charge in [0.05, 0.1) is 0 Å². The van der Waals surface area contributed by atoms with E-state index in [1.807, 2.05) is 6.07 Å². The highest BCUT2D eigenvalue weighted by molar-refractivity contribution is 6.03. The van der Waals surface area contributed by atoms with Crippen LogP contribution in [0.4, 0.5) is 21.7 Å². The van der Waals surface area contributed by atoms with Gasteiger partial charge in [-0.05, 0) is 42.5 Å². The molecule has 1 aliphatic rings. The van der Waals surface area contributed by atoms with Crippen molar-refractivity contribution < 1.29 is 9.18 Å². The van der Waals surface area contributed by atoms with Gasteiger partial charge >= 0.3 is 0 Å². The highest BCUT2D eigenvalue weighted by atomic mass is 19.1. The van der Waals surface area contributed by atoms with E-state index in [2.05, 4.69) is 30.1 Å². The van der Waals surface area contributed by atoms with Crippen LogP contribution in [0.5, 0.6) is 0 Å². The van der Waals surface area contributed by atoms with Crippen LogP contribution in [0, 0.1) is 5.82 Å². The topological polar surface area (TPSA) is 74.2 Å². The number of hydrogen-bond acceptors (Lipinski definition) is 6. The van der Waals surface area contributed by atoms with E-state index in [0.29, 0.717) is 11.4 Å². The number of carbonyl (C=O) groups excluding carboxylic acids is 1. The molecule has 3 aromatic rings. The standard InChI is InChI=1S/C20H19FN6O/c21-15-2-4-16(5-3-15)25-19(28)18-14-17(6-9-22-18)26-10-12-27(13-11-26)20-23-7-1-8-24-20/h1-9,14H,10-13H2,(H,25,28). The summed E-state index contributed by atoms with van der Waals surface area (Å²) in [7, 11) is 0. The fraction of sp³-hybridized carbons (Fsp3) is 0.200. The lowest BCUT2D eigenvalue weighted by Crippen LogP contribution is -2.47. The molecule has 0 unspecified atom stereocenters. The largest absolute Gasteiger partial charge is 0.368 e. The van der Waals surface area contributed by atoms with Crippen LogP contribution in [-0.2, 0) is 0 Å². The van der Waals surface area contributed by atoms with Crippen molar-refractivity contribution in [1.82, 2.24) is 15.0 Å². The maximum atomic E-state index is 13.0. The number of carbonyl (C=O) groups is 1. The molecule has 0 aliphatic carbocycles. The first-order valence-electron chi connectivity index (χ1n) is 8.99. The van der Waals surface area contributed by atoms with Gasteiger partial charge in [-0.1, -0.05) is 0 Å². The Morgan fingerprint density at radius 1 is 0.893 bits per heavy atom. The van der Waals surface area contributed by atoms with Crippen LogP contribution in [0.1, 0.15) is 10.5 Å². The van der Waals surface area contributed by atoms with E-state index in [0.717, 1.165) is 37.8 Å². The highest BCUT2D eigenvalue weighted by Crippen LogP contribution is 2.19. The summed E-state index contributed by atoms with van der Waals surface area (Å²) in [6, 6.07) is 11.1. The summed E-state index contributed by atoms with van der Waals surface area (Å²) < 4.78 is 13.0. The molecule has 3 heterocycles. The molecular formula is C20H19FN6O. The molecule has 0 spiro atoms. The molecule has 1 aromatic carbocycles. The summed E-state index contributed by atoms with van der Waals surface area (Å²) >= 11 is 0. The fourth-order valence-electron chi connectivity index (χ4n) is 3.09. The van der Waals surface area contributed by atoms with Crippen LogP contribution in [-0.4, -0.2) is 47.0 Å². The summed E-state index contributed by atoms with van der Waals surface area (Å²) in [5, 5.41) is 2.73. The average molecular weight is 378 g/mol. The van der Waals surface area contributed by atoms with Crippen LogP contribution in [0.3, 0.4) is 0 Å². The molecular weight excluding hydrogens is 359 g/mol. The fourth-order valence-corrected chi connectivity index (χ4v) is 3.09. The third kappa shape index (κ3) is 4.06. The van der Waals surface area contributed by atoms with Gasteiger partial charge in [0.2, 0.25) is 5.95 Å². The maximum absolute atomic E-state index is 13.0. The van der Waals surface area contributed by atoms with Crippen molar-refractivity contribution in [3.05, 3.63) is 72.6 Å². The van der Waals surface area contributed by atoms with Crippen LogP contribution in [0.25, 0.3) is 0 Å². The number of pyridine rings is 1. The number of rotatable bonds is 4. The van der Waals surface area contributed by atoms with Gasteiger partial charge in [-0.3, -0.25) is 9.78 Å². The normalized spacial score (nSPS) is 14.0. The van der Waals surface area contributed by atoms with Crippen LogP contribution in [0.15, 0.2) is 61.1 Å². The summed E-state index contributed by atoms with van der Waals surface area (Å²) in [6.45, 7) is 3.18. The van der Waals surface area contributed by atoms with Crippen molar-refractivity contribution in [3.63, 3.8) is 0 Å². The molecule has 142 valence electrons. The van der Waals surface area contributed by atoms with E-state index in [4.69, 9.17) is 0 Å². The Morgan fingerprint density at radius 3 is 2.29 bits per heavy atom. The van der Waals surface area contributed by atoms with Crippen molar-refractivity contribution in [2.75, 3.05) is 41.3 Å². The number of nitrogens with one attached hydrogen (secondary N) is 1. The molecule has 0 radical (unpaired) electrons. The smallest absolute Gasteiger partial charge is 0.274 e. The quantitative estimate of drug-likeness (QED) is 0.752. The predicted octanol–water partition coefficient (Wildman–Crippen LogP) is 2.59. The zero-order valence-corrected chi connectivity index (χ0v) is 15.1. The first-order chi connectivity index (χ1) is 13.7. The Labute approximate surface area is 161 Å². The molecule has 1 saturated heterocycles. The van der Waals surface area contributed by atoms with Crippen LogP contribution >= 0.6 is 0 Å². The predicted molar refractivity (Wildman–Crippen MR) is 105 cm³/mol. The van der Waals surface area contributed by atoms with E-state index >= 15 is 0 Å². The van der Waals surface area contributed by atoms with Crippen molar-refractivity contribution in [2.24, 2.45) is 0 Å². The van der Waals surface area contributed by atoms with E-state index in [1.165, 1.54) is 24.3 Å². The first kappa shape index (κ1) is 17.8. The van der Waals surface area contributed by atoms with Crippen molar-refractivity contribution in [1.29, 1.82) is 0 Å². The lowest BCUT2D eigenvalue weighted by molar-refractivity contribution is 0.102. The molecule has 4 rings (SSSR count). The van der Waals surface area contributed by atoms with Gasteiger partial charge in [-0.25, -0.2) is 14.4 Å². The van der Waals surface area contributed by atoms with Crippen molar-refractivity contribution in [3.8, 4) is 0 Å². The second-order valence-corrected chi connectivity index (χ2v) is 6.38. The molecule has 0 atom stereocenters. The number of halogens is 1. The third-order valence-corrected chi connectivity index (χ3v) is 4.56. The summed E-state index contributed by atoms with van der Waals surface area (Å²) in [6.07, 6.45) is 5.11. The molecule has 0 saturated carbocycles. The summed E-state index contributed by atoms with van der Waals surface area (Å²) in [5.41, 5.74) is 1.78. The molecule has 1 N–H and O–H groups in total. The van der Waals surface area contributed by atoms with Gasteiger partial charge in [-0.15, -0.1) is 0 Å². The van der Waals surface area contributed by atoms with Gasteiger partial charge in [0.15, 0.2) is 0 Å². The summed E-state index contributed by atoms with van der Waals surface area (Å²) in [4.78, 5) is 29.6. The highest BCUT2D eigenvalue weighted by Gasteiger charge is 2.20. The number of hydrogen-bond donors (Lipinski definition) is 1. The van der Waals surface area contributed by atoms with Crippen LogP contribution < -0.4 is 15.1 Å². The summed E-state index contributed by atoms with van der Waals surface area (Å²) in [5.74, 6) is 0.0548. The van der Waals surface area contributed by atoms with E-state index in [-0.39, 0.29) is 11.7 Å². The zero-order chi connectivity index (χ0) is 19.3. The minimum atomic E-state index is -0.349.